The van der Waals surface area contributed by atoms with Crippen molar-refractivity contribution in [1.82, 2.24) is 4.98 Å². The van der Waals surface area contributed by atoms with E-state index in [1.807, 2.05) is 30.3 Å². The average molecular weight is 243 g/mol. The summed E-state index contributed by atoms with van der Waals surface area (Å²) in [5.41, 5.74) is 1.08. The van der Waals surface area contributed by atoms with Gasteiger partial charge in [-0.3, -0.25) is 4.79 Å². The Bertz CT molecular complexity index is 552. The lowest BCUT2D eigenvalue weighted by molar-refractivity contribution is 0.101. The van der Waals surface area contributed by atoms with Crippen molar-refractivity contribution < 1.29 is 14.6 Å². The molecule has 1 aromatic carbocycles. The highest BCUT2D eigenvalue weighted by Gasteiger charge is 2.09. The van der Waals surface area contributed by atoms with Gasteiger partial charge in [0, 0.05) is 13.0 Å². The molecule has 0 saturated carbocycles. The van der Waals surface area contributed by atoms with E-state index in [9.17, 15) is 9.90 Å². The normalized spacial score (nSPS) is 10.1. The fourth-order valence-electron chi connectivity index (χ4n) is 1.53. The molecule has 4 heteroatoms. The molecule has 0 bridgehead atoms. The van der Waals surface area contributed by atoms with E-state index in [1.54, 1.807) is 0 Å². The minimum atomic E-state index is -0.276. The number of aromatic hydroxyl groups is 1. The first kappa shape index (κ1) is 12.1. The first-order valence-electron chi connectivity index (χ1n) is 5.53. The van der Waals surface area contributed by atoms with Gasteiger partial charge in [-0.15, -0.1) is 0 Å². The Morgan fingerprint density at radius 2 is 2.06 bits per heavy atom. The second kappa shape index (κ2) is 5.31. The van der Waals surface area contributed by atoms with Gasteiger partial charge < -0.3 is 9.84 Å². The maximum atomic E-state index is 11.1. The van der Waals surface area contributed by atoms with Crippen LogP contribution in [-0.4, -0.2) is 15.9 Å². The van der Waals surface area contributed by atoms with Crippen LogP contribution in [0.3, 0.4) is 0 Å². The Morgan fingerprint density at radius 3 is 2.67 bits per heavy atom. The number of aromatic nitrogens is 1. The van der Waals surface area contributed by atoms with Gasteiger partial charge in [0.05, 0.1) is 6.20 Å². The molecule has 92 valence electrons. The molecule has 1 aromatic heterocycles. The Labute approximate surface area is 105 Å². The minimum absolute atomic E-state index is 0.0575. The molecular weight excluding hydrogens is 230 g/mol. The highest BCUT2D eigenvalue weighted by molar-refractivity contribution is 5.94. The van der Waals surface area contributed by atoms with Crippen LogP contribution >= 0.6 is 0 Å². The first-order valence-corrected chi connectivity index (χ1v) is 5.53. The number of ether oxygens (including phenoxy) is 1. The van der Waals surface area contributed by atoms with E-state index in [0.717, 1.165) is 5.56 Å². The zero-order valence-corrected chi connectivity index (χ0v) is 9.96. The third-order valence-corrected chi connectivity index (χ3v) is 2.42. The Kier molecular flexibility index (Phi) is 3.57. The Hall–Kier alpha value is -2.36. The van der Waals surface area contributed by atoms with E-state index in [-0.39, 0.29) is 17.2 Å². The van der Waals surface area contributed by atoms with E-state index >= 15 is 0 Å². The van der Waals surface area contributed by atoms with E-state index in [1.165, 1.54) is 19.2 Å². The molecule has 2 rings (SSSR count). The van der Waals surface area contributed by atoms with Crippen LogP contribution in [0.15, 0.2) is 42.6 Å². The summed E-state index contributed by atoms with van der Waals surface area (Å²) in [5.74, 6) is -0.00322. The topological polar surface area (TPSA) is 59.4 Å². The molecule has 0 unspecified atom stereocenters. The summed E-state index contributed by atoms with van der Waals surface area (Å²) >= 11 is 0. The summed E-state index contributed by atoms with van der Waals surface area (Å²) in [5, 5.41) is 9.60. The molecule has 1 N–H and O–H groups in total. The molecule has 0 fully saturated rings. The molecule has 0 saturated heterocycles. The number of carbonyl (C=O) groups is 1. The quantitative estimate of drug-likeness (QED) is 0.838. The highest BCUT2D eigenvalue weighted by Crippen LogP contribution is 2.22. The molecule has 0 amide bonds. The summed E-state index contributed by atoms with van der Waals surface area (Å²) in [6.07, 6.45) is 1.43. The van der Waals surface area contributed by atoms with Crippen molar-refractivity contribution in [1.29, 1.82) is 0 Å². The number of nitrogens with zero attached hydrogens (tertiary/aromatic N) is 1. The van der Waals surface area contributed by atoms with Gasteiger partial charge in [-0.25, -0.2) is 4.98 Å². The number of carbonyl (C=O) groups excluding carboxylic acids is 1. The van der Waals surface area contributed by atoms with Gasteiger partial charge in [-0.1, -0.05) is 30.3 Å². The van der Waals surface area contributed by atoms with Crippen LogP contribution in [-0.2, 0) is 6.61 Å². The molecule has 0 spiro atoms. The molecule has 1 heterocycles. The maximum Gasteiger partial charge on any atom is 0.181 e. The predicted octanol–water partition coefficient (Wildman–Crippen LogP) is 2.57. The van der Waals surface area contributed by atoms with Gasteiger partial charge >= 0.3 is 0 Å². The monoisotopic (exact) mass is 243 g/mol. The fraction of sp³-hybridized carbons (Fsp3) is 0.143. The number of hydrogen-bond acceptors (Lipinski definition) is 4. The summed E-state index contributed by atoms with van der Waals surface area (Å²) in [6, 6.07) is 11.1. The predicted molar refractivity (Wildman–Crippen MR) is 66.7 cm³/mol. The minimum Gasteiger partial charge on any atom is -0.505 e. The van der Waals surface area contributed by atoms with Gasteiger partial charge in [0.25, 0.3) is 0 Å². The first-order chi connectivity index (χ1) is 8.66. The smallest absolute Gasteiger partial charge is 0.181 e. The van der Waals surface area contributed by atoms with Gasteiger partial charge in [-0.05, 0) is 5.56 Å². The summed E-state index contributed by atoms with van der Waals surface area (Å²) in [6.45, 7) is 1.74. The summed E-state index contributed by atoms with van der Waals surface area (Å²) in [7, 11) is 0. The van der Waals surface area contributed by atoms with Crippen LogP contribution in [0.25, 0.3) is 0 Å². The summed E-state index contributed by atoms with van der Waals surface area (Å²) in [4.78, 5) is 15.0. The standard InChI is InChI=1S/C14H13NO3/c1-10(16)14-13(17)7-12(8-15-14)18-9-11-5-3-2-4-6-11/h2-8,17H,9H2,1H3. The van der Waals surface area contributed by atoms with Gasteiger partial charge in [0.1, 0.15) is 23.8 Å². The van der Waals surface area contributed by atoms with E-state index in [2.05, 4.69) is 4.98 Å². The van der Waals surface area contributed by atoms with Crippen LogP contribution in [0, 0.1) is 0 Å². The van der Waals surface area contributed by atoms with Crippen LogP contribution in [0.2, 0.25) is 0 Å². The molecule has 4 nitrogen and oxygen atoms in total. The number of benzene rings is 1. The van der Waals surface area contributed by atoms with Crippen molar-refractivity contribution in [2.24, 2.45) is 0 Å². The molecule has 0 aliphatic heterocycles. The number of pyridine rings is 1. The van der Waals surface area contributed by atoms with Crippen molar-refractivity contribution in [2.75, 3.05) is 0 Å². The van der Waals surface area contributed by atoms with Gasteiger partial charge in [0.2, 0.25) is 0 Å². The molecule has 0 radical (unpaired) electrons. The SMILES string of the molecule is CC(=O)c1ncc(OCc2ccccc2)cc1O. The largest absolute Gasteiger partial charge is 0.505 e. The van der Waals surface area contributed by atoms with Gasteiger partial charge in [-0.2, -0.15) is 0 Å². The molecule has 0 aliphatic carbocycles. The van der Waals surface area contributed by atoms with Crippen molar-refractivity contribution in [3.63, 3.8) is 0 Å². The van der Waals surface area contributed by atoms with Gasteiger partial charge in [0.15, 0.2) is 5.78 Å². The van der Waals surface area contributed by atoms with Crippen LogP contribution < -0.4 is 4.74 Å². The third-order valence-electron chi connectivity index (χ3n) is 2.42. The lowest BCUT2D eigenvalue weighted by atomic mass is 10.2. The molecule has 18 heavy (non-hydrogen) atoms. The van der Waals surface area contributed by atoms with Crippen molar-refractivity contribution >= 4 is 5.78 Å². The highest BCUT2D eigenvalue weighted by atomic mass is 16.5. The van der Waals surface area contributed by atoms with E-state index in [0.29, 0.717) is 12.4 Å². The molecule has 0 aliphatic rings. The molecule has 0 atom stereocenters. The Morgan fingerprint density at radius 1 is 1.33 bits per heavy atom. The number of hydrogen-bond donors (Lipinski definition) is 1. The number of rotatable bonds is 4. The summed E-state index contributed by atoms with van der Waals surface area (Å²) < 4.78 is 5.47. The van der Waals surface area contributed by atoms with E-state index < -0.39 is 0 Å². The van der Waals surface area contributed by atoms with Crippen LogP contribution in [0.5, 0.6) is 11.5 Å². The number of ketones is 1. The fourth-order valence-corrected chi connectivity index (χ4v) is 1.53. The molecule has 2 aromatic rings. The average Bonchev–Trinajstić information content (AvgIpc) is 2.37. The lowest BCUT2D eigenvalue weighted by Crippen LogP contribution is -2.00. The van der Waals surface area contributed by atoms with Crippen molar-refractivity contribution in [2.45, 2.75) is 13.5 Å². The second-order valence-corrected chi connectivity index (χ2v) is 3.87. The Balaban J connectivity index is 2.07. The lowest BCUT2D eigenvalue weighted by Gasteiger charge is -2.07. The van der Waals surface area contributed by atoms with Crippen LogP contribution in [0.4, 0.5) is 0 Å². The van der Waals surface area contributed by atoms with Crippen molar-refractivity contribution in [3.8, 4) is 11.5 Å². The van der Waals surface area contributed by atoms with Crippen LogP contribution in [0.1, 0.15) is 23.0 Å². The zero-order valence-electron chi connectivity index (χ0n) is 9.96. The van der Waals surface area contributed by atoms with Crippen molar-refractivity contribution in [3.05, 3.63) is 53.9 Å². The second-order valence-electron chi connectivity index (χ2n) is 3.87. The zero-order chi connectivity index (χ0) is 13.0. The third kappa shape index (κ3) is 2.85. The van der Waals surface area contributed by atoms with E-state index in [4.69, 9.17) is 4.74 Å². The molecular formula is C14H13NO3. The maximum absolute atomic E-state index is 11.1. The number of Topliss-reactive ketones (excluding diaryl/α,β-unsaturated/α-hetero) is 1.